The second-order valence-corrected chi connectivity index (χ2v) is 8.33. The number of rotatable bonds is 3. The van der Waals surface area contributed by atoms with E-state index in [0.29, 0.717) is 0 Å². The predicted molar refractivity (Wildman–Crippen MR) is 96.3 cm³/mol. The Morgan fingerprint density at radius 1 is 1.13 bits per heavy atom. The van der Waals surface area contributed by atoms with Crippen LogP contribution in [0.5, 0.6) is 0 Å². The molecule has 0 saturated heterocycles. The van der Waals surface area contributed by atoms with E-state index < -0.39 is 0 Å². The maximum absolute atomic E-state index is 4.82. The van der Waals surface area contributed by atoms with Crippen LogP contribution < -0.4 is 5.32 Å². The molecule has 2 heterocycles. The first-order chi connectivity index (χ1) is 10.8. The highest BCUT2D eigenvalue weighted by molar-refractivity contribution is 7.09. The number of aryl methyl sites for hydroxylation is 2. The topological polar surface area (TPSA) is 50.7 Å². The molecule has 1 atom stereocenters. The van der Waals surface area contributed by atoms with E-state index in [2.05, 4.69) is 48.4 Å². The van der Waals surface area contributed by atoms with Gasteiger partial charge in [0.25, 0.3) is 0 Å². The van der Waals surface area contributed by atoms with Crippen LogP contribution in [0.25, 0.3) is 0 Å². The normalized spacial score (nSPS) is 16.0. The van der Waals surface area contributed by atoms with Crippen LogP contribution in [0.15, 0.2) is 5.38 Å². The van der Waals surface area contributed by atoms with Crippen molar-refractivity contribution in [2.75, 3.05) is 5.32 Å². The van der Waals surface area contributed by atoms with E-state index in [9.17, 15) is 0 Å². The van der Waals surface area contributed by atoms with Gasteiger partial charge in [-0.05, 0) is 39.5 Å². The Hall–Kier alpha value is -1.49. The van der Waals surface area contributed by atoms with Gasteiger partial charge in [-0.2, -0.15) is 0 Å². The van der Waals surface area contributed by atoms with Crippen LogP contribution in [-0.2, 0) is 18.3 Å². The molecular formula is C18H26N4S. The zero-order valence-electron chi connectivity index (χ0n) is 14.7. The minimum absolute atomic E-state index is 0.0964. The molecule has 1 aliphatic rings. The van der Waals surface area contributed by atoms with E-state index in [1.807, 2.05) is 6.92 Å². The molecule has 0 radical (unpaired) electrons. The zero-order chi connectivity index (χ0) is 16.6. The molecule has 0 aliphatic heterocycles. The summed E-state index contributed by atoms with van der Waals surface area (Å²) in [6.45, 7) is 10.8. The predicted octanol–water partition coefficient (Wildman–Crippen LogP) is 4.59. The van der Waals surface area contributed by atoms with Gasteiger partial charge in [-0.3, -0.25) is 0 Å². The Labute approximate surface area is 142 Å². The Kier molecular flexibility index (Phi) is 4.41. The third kappa shape index (κ3) is 3.55. The summed E-state index contributed by atoms with van der Waals surface area (Å²) in [5.41, 5.74) is 3.79. The van der Waals surface area contributed by atoms with E-state index in [1.165, 1.54) is 24.1 Å². The van der Waals surface area contributed by atoms with Gasteiger partial charge in [0.2, 0.25) is 0 Å². The van der Waals surface area contributed by atoms with E-state index in [-0.39, 0.29) is 11.5 Å². The van der Waals surface area contributed by atoms with Crippen LogP contribution in [-0.4, -0.2) is 15.0 Å². The molecule has 1 aliphatic carbocycles. The summed E-state index contributed by atoms with van der Waals surface area (Å²) in [5, 5.41) is 6.88. The third-order valence-electron chi connectivity index (χ3n) is 4.31. The molecular weight excluding hydrogens is 304 g/mol. The molecule has 1 N–H and O–H groups in total. The second-order valence-electron chi connectivity index (χ2n) is 7.44. The molecule has 2 aromatic rings. The molecule has 0 saturated carbocycles. The van der Waals surface area contributed by atoms with Crippen molar-refractivity contribution < 1.29 is 0 Å². The Morgan fingerprint density at radius 3 is 2.57 bits per heavy atom. The van der Waals surface area contributed by atoms with Gasteiger partial charge in [-0.1, -0.05) is 20.8 Å². The molecule has 1 unspecified atom stereocenters. The zero-order valence-corrected chi connectivity index (χ0v) is 15.5. The summed E-state index contributed by atoms with van der Waals surface area (Å²) < 4.78 is 0. The van der Waals surface area contributed by atoms with Gasteiger partial charge in [0.1, 0.15) is 16.6 Å². The number of nitrogens with one attached hydrogen (secondary N) is 1. The molecule has 5 heteroatoms. The Morgan fingerprint density at radius 2 is 1.87 bits per heavy atom. The van der Waals surface area contributed by atoms with Crippen LogP contribution in [0.2, 0.25) is 0 Å². The van der Waals surface area contributed by atoms with Crippen LogP contribution in [0.1, 0.15) is 74.4 Å². The first kappa shape index (κ1) is 16.4. The molecule has 3 rings (SSSR count). The van der Waals surface area contributed by atoms with Crippen molar-refractivity contribution in [1.82, 2.24) is 15.0 Å². The SMILES string of the molecule is Cc1nc2c(c(NC(C)c3nc(C(C)(C)C)cs3)n1)CCCC2. The summed E-state index contributed by atoms with van der Waals surface area (Å²) in [7, 11) is 0. The van der Waals surface area contributed by atoms with Gasteiger partial charge in [0.15, 0.2) is 0 Å². The lowest BCUT2D eigenvalue weighted by Gasteiger charge is -2.21. The summed E-state index contributed by atoms with van der Waals surface area (Å²) in [6.07, 6.45) is 4.62. The van der Waals surface area contributed by atoms with Gasteiger partial charge in [0, 0.05) is 22.1 Å². The molecule has 0 fully saturated rings. The highest BCUT2D eigenvalue weighted by Crippen LogP contribution is 2.31. The summed E-state index contributed by atoms with van der Waals surface area (Å²) in [6, 6.07) is 0.163. The maximum Gasteiger partial charge on any atom is 0.133 e. The van der Waals surface area contributed by atoms with Gasteiger partial charge < -0.3 is 5.32 Å². The molecule has 124 valence electrons. The van der Waals surface area contributed by atoms with E-state index in [1.54, 1.807) is 11.3 Å². The number of aromatic nitrogens is 3. The largest absolute Gasteiger partial charge is 0.361 e. The van der Waals surface area contributed by atoms with Crippen LogP contribution in [0.3, 0.4) is 0 Å². The summed E-state index contributed by atoms with van der Waals surface area (Å²) in [4.78, 5) is 14.1. The van der Waals surface area contributed by atoms with Crippen molar-refractivity contribution in [3.05, 3.63) is 33.2 Å². The second kappa shape index (κ2) is 6.19. The van der Waals surface area contributed by atoms with Crippen LogP contribution in [0, 0.1) is 6.92 Å². The number of fused-ring (bicyclic) bond motifs is 1. The fraction of sp³-hybridized carbons (Fsp3) is 0.611. The van der Waals surface area contributed by atoms with Crippen molar-refractivity contribution in [2.45, 2.75) is 71.8 Å². The number of hydrogen-bond donors (Lipinski definition) is 1. The first-order valence-electron chi connectivity index (χ1n) is 8.43. The lowest BCUT2D eigenvalue weighted by molar-refractivity contribution is 0.569. The Bertz CT molecular complexity index is 700. The number of thiazole rings is 1. The minimum Gasteiger partial charge on any atom is -0.361 e. The molecule has 0 amide bonds. The average molecular weight is 331 g/mol. The third-order valence-corrected chi connectivity index (χ3v) is 5.34. The van der Waals surface area contributed by atoms with E-state index in [0.717, 1.165) is 35.2 Å². The van der Waals surface area contributed by atoms with Gasteiger partial charge >= 0.3 is 0 Å². The molecule has 0 bridgehead atoms. The van der Waals surface area contributed by atoms with Crippen molar-refractivity contribution in [3.8, 4) is 0 Å². The fourth-order valence-corrected chi connectivity index (χ4v) is 3.99. The molecule has 0 aromatic carbocycles. The Balaban J connectivity index is 1.84. The minimum atomic E-state index is 0.0964. The van der Waals surface area contributed by atoms with Crippen molar-refractivity contribution >= 4 is 17.2 Å². The highest BCUT2D eigenvalue weighted by Gasteiger charge is 2.22. The fourth-order valence-electron chi connectivity index (χ4n) is 2.93. The lowest BCUT2D eigenvalue weighted by Crippen LogP contribution is -2.16. The van der Waals surface area contributed by atoms with Gasteiger partial charge in [-0.25, -0.2) is 15.0 Å². The van der Waals surface area contributed by atoms with Crippen LogP contribution >= 0.6 is 11.3 Å². The highest BCUT2D eigenvalue weighted by atomic mass is 32.1. The standard InChI is InChI=1S/C18H26N4S/c1-11(17-22-15(10-23-17)18(3,4)5)19-16-13-8-6-7-9-14(13)20-12(2)21-16/h10-11H,6-9H2,1-5H3,(H,19,20,21). The maximum atomic E-state index is 4.82. The van der Waals surface area contributed by atoms with Crippen molar-refractivity contribution in [3.63, 3.8) is 0 Å². The molecule has 4 nitrogen and oxygen atoms in total. The molecule has 0 spiro atoms. The van der Waals surface area contributed by atoms with Gasteiger partial charge in [0.05, 0.1) is 11.7 Å². The number of nitrogens with zero attached hydrogens (tertiary/aromatic N) is 3. The summed E-state index contributed by atoms with van der Waals surface area (Å²) >= 11 is 1.73. The molecule has 23 heavy (non-hydrogen) atoms. The van der Waals surface area contributed by atoms with E-state index in [4.69, 9.17) is 4.98 Å². The average Bonchev–Trinajstić information content (AvgIpc) is 2.97. The molecule has 2 aromatic heterocycles. The summed E-state index contributed by atoms with van der Waals surface area (Å²) in [5.74, 6) is 1.86. The van der Waals surface area contributed by atoms with Crippen molar-refractivity contribution in [1.29, 1.82) is 0 Å². The number of anilines is 1. The van der Waals surface area contributed by atoms with Crippen molar-refractivity contribution in [2.24, 2.45) is 0 Å². The number of hydrogen-bond acceptors (Lipinski definition) is 5. The van der Waals surface area contributed by atoms with Gasteiger partial charge in [-0.15, -0.1) is 11.3 Å². The lowest BCUT2D eigenvalue weighted by atomic mass is 9.93. The monoisotopic (exact) mass is 330 g/mol. The van der Waals surface area contributed by atoms with E-state index >= 15 is 0 Å². The quantitative estimate of drug-likeness (QED) is 0.894. The van der Waals surface area contributed by atoms with Crippen LogP contribution in [0.4, 0.5) is 5.82 Å². The first-order valence-corrected chi connectivity index (χ1v) is 9.31. The smallest absolute Gasteiger partial charge is 0.133 e.